The Morgan fingerprint density at radius 1 is 1.00 bits per heavy atom. The van der Waals surface area contributed by atoms with Crippen LogP contribution in [0.2, 0.25) is 0 Å². The summed E-state index contributed by atoms with van der Waals surface area (Å²) in [5.41, 5.74) is 0. The number of rotatable bonds is 16. The largest absolute Gasteiger partial charge is 0.481 e. The number of hydrogen-bond acceptors (Lipinski definition) is 6. The summed E-state index contributed by atoms with van der Waals surface area (Å²) in [5.74, 6) is -0.953. The predicted octanol–water partition coefficient (Wildman–Crippen LogP) is 0.212. The van der Waals surface area contributed by atoms with Crippen LogP contribution in [0.25, 0.3) is 0 Å². The van der Waals surface area contributed by atoms with Gasteiger partial charge in [-0.25, -0.2) is 0 Å². The normalized spacial score (nSPS) is 16.9. The fourth-order valence-electron chi connectivity index (χ4n) is 3.53. The van der Waals surface area contributed by atoms with Crippen molar-refractivity contribution in [2.45, 2.75) is 51.5 Å². The molecule has 0 aromatic rings. The summed E-state index contributed by atoms with van der Waals surface area (Å²) in [5, 5.41) is 14.2. The zero-order chi connectivity index (χ0) is 22.4. The monoisotopic (exact) mass is 430 g/mol. The molecule has 1 aliphatic heterocycles. The van der Waals surface area contributed by atoms with Gasteiger partial charge in [0.05, 0.1) is 6.54 Å². The van der Waals surface area contributed by atoms with E-state index in [9.17, 15) is 14.4 Å². The fourth-order valence-corrected chi connectivity index (χ4v) is 3.53. The van der Waals surface area contributed by atoms with Crippen LogP contribution in [0.15, 0.2) is 0 Å². The minimum absolute atomic E-state index is 0.0112. The molecule has 0 radical (unpaired) electrons. The third kappa shape index (κ3) is 12.1. The Kier molecular flexibility index (Phi) is 13.3. The molecule has 1 saturated heterocycles. The summed E-state index contributed by atoms with van der Waals surface area (Å²) in [7, 11) is 4.27. The maximum Gasteiger partial charge on any atom is 0.303 e. The Hall–Kier alpha value is -1.71. The Labute approximate surface area is 181 Å². The Morgan fingerprint density at radius 3 is 2.30 bits per heavy atom. The molecule has 0 aromatic carbocycles. The van der Waals surface area contributed by atoms with Gasteiger partial charge >= 0.3 is 5.97 Å². The molecule has 1 heterocycles. The van der Waals surface area contributed by atoms with E-state index in [0.29, 0.717) is 44.9 Å². The third-order valence-electron chi connectivity index (χ3n) is 5.56. The zero-order valence-corrected chi connectivity index (χ0v) is 19.0. The van der Waals surface area contributed by atoms with Crippen LogP contribution in [0.1, 0.15) is 45.4 Å². The molecule has 2 amide bonds. The van der Waals surface area contributed by atoms with E-state index in [0.717, 1.165) is 45.6 Å². The van der Waals surface area contributed by atoms with Crippen LogP contribution >= 0.6 is 0 Å². The number of likely N-dealkylation sites (tertiary alicyclic amines) is 1. The van der Waals surface area contributed by atoms with E-state index in [1.165, 1.54) is 0 Å². The van der Waals surface area contributed by atoms with E-state index in [1.54, 1.807) is 0 Å². The van der Waals surface area contributed by atoms with E-state index < -0.39 is 5.97 Å². The molecule has 174 valence electrons. The number of nitrogens with zero attached hydrogens (tertiary/aromatic N) is 3. The minimum Gasteiger partial charge on any atom is -0.481 e. The Morgan fingerprint density at radius 2 is 1.63 bits per heavy atom. The van der Waals surface area contributed by atoms with Crippen molar-refractivity contribution in [1.29, 1.82) is 0 Å². The molecule has 0 aliphatic carbocycles. The Balaban J connectivity index is 2.16. The quantitative estimate of drug-likeness (QED) is 0.183. The van der Waals surface area contributed by atoms with Crippen LogP contribution in [0.4, 0.5) is 0 Å². The number of carboxylic acids is 1. The molecular weight excluding hydrogens is 389 g/mol. The van der Waals surface area contributed by atoms with Gasteiger partial charge in [-0.1, -0.05) is 6.92 Å². The van der Waals surface area contributed by atoms with Gasteiger partial charge in [0.25, 0.3) is 0 Å². The van der Waals surface area contributed by atoms with Gasteiger partial charge < -0.3 is 25.5 Å². The van der Waals surface area contributed by atoms with Crippen molar-refractivity contribution in [2.24, 2.45) is 0 Å². The first kappa shape index (κ1) is 26.3. The highest BCUT2D eigenvalue weighted by atomic mass is 16.4. The summed E-state index contributed by atoms with van der Waals surface area (Å²) >= 11 is 0. The molecule has 0 bridgehead atoms. The molecule has 0 aromatic heterocycles. The average molecular weight is 431 g/mol. The van der Waals surface area contributed by atoms with Crippen LogP contribution in [0.3, 0.4) is 0 Å². The number of nitrogens with one attached hydrogen (secondary N) is 2. The fraction of sp³-hybridized carbons (Fsp3) is 0.857. The highest BCUT2D eigenvalue weighted by Crippen LogP contribution is 2.17. The first-order valence-electron chi connectivity index (χ1n) is 11.2. The average Bonchev–Trinajstić information content (AvgIpc) is 3.12. The first-order valence-corrected chi connectivity index (χ1v) is 11.2. The number of carbonyl (C=O) groups is 3. The summed E-state index contributed by atoms with van der Waals surface area (Å²) in [6.07, 6.45) is 3.65. The van der Waals surface area contributed by atoms with Gasteiger partial charge in [-0.15, -0.1) is 0 Å². The minimum atomic E-state index is -0.858. The lowest BCUT2D eigenvalue weighted by Gasteiger charge is -2.29. The summed E-state index contributed by atoms with van der Waals surface area (Å²) < 4.78 is 0. The second-order valence-corrected chi connectivity index (χ2v) is 8.23. The number of likely N-dealkylation sites (N-methyl/N-ethyl adjacent to an activating group) is 2. The number of amides is 2. The van der Waals surface area contributed by atoms with E-state index in [2.05, 4.69) is 46.4 Å². The first-order chi connectivity index (χ1) is 14.3. The molecule has 0 spiro atoms. The maximum atomic E-state index is 12.3. The van der Waals surface area contributed by atoms with Crippen molar-refractivity contribution >= 4 is 17.8 Å². The van der Waals surface area contributed by atoms with Crippen molar-refractivity contribution in [1.82, 2.24) is 25.3 Å². The molecule has 3 N–H and O–H groups in total. The number of hydrogen-bond donors (Lipinski definition) is 3. The van der Waals surface area contributed by atoms with Crippen molar-refractivity contribution in [2.75, 3.05) is 66.5 Å². The second kappa shape index (κ2) is 15.1. The zero-order valence-electron chi connectivity index (χ0n) is 19.0. The molecular formula is C21H41N5O4. The Bertz CT molecular complexity index is 532. The van der Waals surface area contributed by atoms with E-state index in [4.69, 9.17) is 5.11 Å². The predicted molar refractivity (Wildman–Crippen MR) is 117 cm³/mol. The molecule has 30 heavy (non-hydrogen) atoms. The van der Waals surface area contributed by atoms with Gasteiger partial charge in [0.2, 0.25) is 11.8 Å². The molecule has 9 heteroatoms. The van der Waals surface area contributed by atoms with E-state index in [1.807, 2.05) is 0 Å². The van der Waals surface area contributed by atoms with Crippen LogP contribution in [0, 0.1) is 0 Å². The van der Waals surface area contributed by atoms with Crippen LogP contribution in [-0.2, 0) is 14.4 Å². The van der Waals surface area contributed by atoms with Gasteiger partial charge in [0.1, 0.15) is 0 Å². The number of carboxylic acid groups (broad SMARTS) is 1. The summed E-state index contributed by atoms with van der Waals surface area (Å²) in [4.78, 5) is 41.3. The van der Waals surface area contributed by atoms with Crippen LogP contribution < -0.4 is 10.6 Å². The van der Waals surface area contributed by atoms with Gasteiger partial charge in [-0.2, -0.15) is 0 Å². The third-order valence-corrected chi connectivity index (χ3v) is 5.56. The summed E-state index contributed by atoms with van der Waals surface area (Å²) in [6, 6.07) is 0.421. The van der Waals surface area contributed by atoms with E-state index >= 15 is 0 Å². The molecule has 1 fully saturated rings. The number of carbonyl (C=O) groups excluding carboxylic acids is 2. The molecule has 1 rings (SSSR count). The molecule has 1 unspecified atom stereocenters. The topological polar surface area (TPSA) is 105 Å². The van der Waals surface area contributed by atoms with Gasteiger partial charge in [0.15, 0.2) is 0 Å². The second-order valence-electron chi connectivity index (χ2n) is 8.23. The highest BCUT2D eigenvalue weighted by molar-refractivity contribution is 5.78. The van der Waals surface area contributed by atoms with E-state index in [-0.39, 0.29) is 18.2 Å². The number of aliphatic carboxylic acids is 1. The van der Waals surface area contributed by atoms with Crippen molar-refractivity contribution in [3.05, 3.63) is 0 Å². The van der Waals surface area contributed by atoms with Crippen LogP contribution in [-0.4, -0.2) is 110 Å². The molecule has 0 saturated carbocycles. The smallest absolute Gasteiger partial charge is 0.303 e. The van der Waals surface area contributed by atoms with Crippen LogP contribution in [0.5, 0.6) is 0 Å². The maximum absolute atomic E-state index is 12.3. The lowest BCUT2D eigenvalue weighted by atomic mass is 10.2. The standard InChI is InChI=1S/C21H41N5O4/c1-4-24(2)14-15-25(3)16-18-8-7-13-26(18)17-20(28)23-11-5-9-19(27)22-12-6-10-21(29)30/h18H,4-17H2,1-3H3,(H,22,27)(H,23,28)(H,29,30)/i2+1,3+1,24+1. The lowest BCUT2D eigenvalue weighted by Crippen LogP contribution is -2.45. The van der Waals surface area contributed by atoms with Gasteiger partial charge in [-0.3, -0.25) is 19.3 Å². The van der Waals surface area contributed by atoms with Crippen molar-refractivity contribution in [3.8, 4) is 0 Å². The van der Waals surface area contributed by atoms with Crippen molar-refractivity contribution < 1.29 is 19.5 Å². The van der Waals surface area contributed by atoms with Gasteiger partial charge in [-0.05, 0) is 52.9 Å². The molecule has 1 atom stereocenters. The highest BCUT2D eigenvalue weighted by Gasteiger charge is 2.27. The van der Waals surface area contributed by atoms with Crippen molar-refractivity contribution in [3.63, 3.8) is 0 Å². The van der Waals surface area contributed by atoms with Gasteiger partial charge in [0, 0.05) is 51.6 Å². The SMILES string of the molecule is CC[15N]([13CH3])CCN([13CH3])CC1CCCN1CC(=O)NCCCC(=O)NCCCC(=O)O. The molecule has 9 nitrogen and oxygen atoms in total. The lowest BCUT2D eigenvalue weighted by molar-refractivity contribution is -0.137. The molecule has 1 aliphatic rings. The summed E-state index contributed by atoms with van der Waals surface area (Å²) in [6.45, 7) is 8.48.